The number of nitrogens with zero attached hydrogens (tertiary/aromatic N) is 4. The van der Waals surface area contributed by atoms with Crippen LogP contribution in [0.2, 0.25) is 0 Å². The fraction of sp³-hybridized carbons (Fsp3) is 0.312. The summed E-state index contributed by atoms with van der Waals surface area (Å²) in [6, 6.07) is 4.32. The lowest BCUT2D eigenvalue weighted by atomic mass is 10.1. The molecule has 1 aromatic carbocycles. The zero-order valence-electron chi connectivity index (χ0n) is 14.3. The van der Waals surface area contributed by atoms with E-state index in [1.54, 1.807) is 13.0 Å². The summed E-state index contributed by atoms with van der Waals surface area (Å²) < 4.78 is 69.9. The number of hydrogen-bond acceptors (Lipinski definition) is 6. The monoisotopic (exact) mass is 400 g/mol. The van der Waals surface area contributed by atoms with Crippen LogP contribution < -0.4 is 0 Å². The molecule has 0 saturated carbocycles. The molecule has 2 heterocycles. The maximum Gasteiger partial charge on any atom is 0.319 e. The van der Waals surface area contributed by atoms with E-state index in [1.807, 2.05) is 0 Å². The molecule has 7 nitrogen and oxygen atoms in total. The second-order valence-electron chi connectivity index (χ2n) is 5.90. The summed E-state index contributed by atoms with van der Waals surface area (Å²) in [5.41, 5.74) is 0.763. The minimum Gasteiger partial charge on any atom is -0.338 e. The number of benzene rings is 1. The van der Waals surface area contributed by atoms with Crippen molar-refractivity contribution < 1.29 is 26.1 Å². The van der Waals surface area contributed by atoms with Crippen molar-refractivity contribution in [1.82, 2.24) is 19.7 Å². The quantitative estimate of drug-likeness (QED) is 0.629. The Kier molecular flexibility index (Phi) is 5.05. The van der Waals surface area contributed by atoms with Crippen LogP contribution in [0.15, 0.2) is 35.1 Å². The van der Waals surface area contributed by atoms with Crippen molar-refractivity contribution in [3.63, 3.8) is 0 Å². The first-order valence-corrected chi connectivity index (χ1v) is 9.52. The van der Waals surface area contributed by atoms with Gasteiger partial charge in [-0.15, -0.1) is 0 Å². The molecule has 2 aromatic heterocycles. The molecule has 1 atom stereocenters. The Hall–Kier alpha value is -2.69. The van der Waals surface area contributed by atoms with Crippen LogP contribution in [-0.4, -0.2) is 28.1 Å². The number of aryl methyl sites for hydroxylation is 1. The van der Waals surface area contributed by atoms with Gasteiger partial charge in [-0.2, -0.15) is 13.8 Å². The van der Waals surface area contributed by atoms with Crippen molar-refractivity contribution >= 4 is 9.84 Å². The summed E-state index contributed by atoms with van der Waals surface area (Å²) in [7, 11) is -3.96. The number of hydrogen-bond donors (Lipinski definition) is 0. The highest BCUT2D eigenvalue weighted by molar-refractivity contribution is 7.90. The van der Waals surface area contributed by atoms with Gasteiger partial charge in [0.25, 0.3) is 0 Å². The van der Waals surface area contributed by atoms with Crippen LogP contribution in [0.4, 0.5) is 13.2 Å². The Labute approximate surface area is 152 Å². The molecule has 0 spiro atoms. The van der Waals surface area contributed by atoms with Crippen molar-refractivity contribution in [3.8, 4) is 11.4 Å². The maximum absolute atomic E-state index is 13.7. The number of sulfone groups is 1. The van der Waals surface area contributed by atoms with Crippen molar-refractivity contribution in [2.75, 3.05) is 0 Å². The third kappa shape index (κ3) is 3.87. The average Bonchev–Trinajstić information content (AvgIpc) is 3.25. The van der Waals surface area contributed by atoms with E-state index in [0.29, 0.717) is 15.7 Å². The van der Waals surface area contributed by atoms with Gasteiger partial charge in [0.15, 0.2) is 9.84 Å². The van der Waals surface area contributed by atoms with Gasteiger partial charge in [-0.25, -0.2) is 17.8 Å². The number of alkyl halides is 2. The molecule has 0 amide bonds. The van der Waals surface area contributed by atoms with Crippen LogP contribution in [0.1, 0.15) is 36.0 Å². The molecular weight excluding hydrogens is 385 g/mol. The first-order valence-electron chi connectivity index (χ1n) is 7.80. The van der Waals surface area contributed by atoms with Gasteiger partial charge in [0, 0.05) is 18.0 Å². The molecule has 0 saturated heterocycles. The molecule has 27 heavy (non-hydrogen) atoms. The standard InChI is InChI=1S/C16H15F3N4O3S/c1-9-3-4-11(7-12(9)17)14-21-15(26-22-14)10(2)27(24,25)8-13-20-5-6-23(13)16(18)19/h3-7,10,16H,8H2,1-2H3. The zero-order valence-corrected chi connectivity index (χ0v) is 15.1. The van der Waals surface area contributed by atoms with Crippen LogP contribution in [0.5, 0.6) is 0 Å². The second-order valence-corrected chi connectivity index (χ2v) is 8.22. The van der Waals surface area contributed by atoms with Crippen molar-refractivity contribution in [1.29, 1.82) is 0 Å². The van der Waals surface area contributed by atoms with Gasteiger partial charge < -0.3 is 4.52 Å². The SMILES string of the molecule is Cc1ccc(-c2noc(C(C)S(=O)(=O)Cc3nccn3C(F)F)n2)cc1F. The van der Waals surface area contributed by atoms with Gasteiger partial charge in [-0.3, -0.25) is 4.57 Å². The van der Waals surface area contributed by atoms with Gasteiger partial charge in [0.1, 0.15) is 22.6 Å². The predicted octanol–water partition coefficient (Wildman–Crippen LogP) is 3.45. The predicted molar refractivity (Wildman–Crippen MR) is 88.9 cm³/mol. The van der Waals surface area contributed by atoms with Crippen LogP contribution >= 0.6 is 0 Å². The topological polar surface area (TPSA) is 90.9 Å². The van der Waals surface area contributed by atoms with Gasteiger partial charge >= 0.3 is 6.55 Å². The first-order chi connectivity index (χ1) is 12.7. The molecule has 0 fully saturated rings. The van der Waals surface area contributed by atoms with E-state index in [4.69, 9.17) is 4.52 Å². The molecule has 0 radical (unpaired) electrons. The average molecular weight is 400 g/mol. The highest BCUT2D eigenvalue weighted by Gasteiger charge is 2.30. The van der Waals surface area contributed by atoms with E-state index < -0.39 is 33.2 Å². The summed E-state index contributed by atoms with van der Waals surface area (Å²) in [6.07, 6.45) is 2.09. The van der Waals surface area contributed by atoms with E-state index in [1.165, 1.54) is 19.1 Å². The summed E-state index contributed by atoms with van der Waals surface area (Å²) >= 11 is 0. The van der Waals surface area contributed by atoms with Crippen LogP contribution in [-0.2, 0) is 15.6 Å². The molecule has 1 unspecified atom stereocenters. The molecule has 144 valence electrons. The van der Waals surface area contributed by atoms with Crippen molar-refractivity contribution in [3.05, 3.63) is 53.7 Å². The van der Waals surface area contributed by atoms with Gasteiger partial charge in [-0.1, -0.05) is 17.3 Å². The van der Waals surface area contributed by atoms with Gasteiger partial charge in [0.2, 0.25) is 11.7 Å². The molecule has 3 aromatic rings. The Morgan fingerprint density at radius 2 is 2.04 bits per heavy atom. The largest absolute Gasteiger partial charge is 0.338 e. The Morgan fingerprint density at radius 1 is 1.30 bits per heavy atom. The summed E-state index contributed by atoms with van der Waals surface area (Å²) in [5.74, 6) is -1.67. The minimum absolute atomic E-state index is 0.0278. The molecule has 0 aliphatic heterocycles. The maximum atomic E-state index is 13.7. The van der Waals surface area contributed by atoms with Crippen molar-refractivity contribution in [2.45, 2.75) is 31.4 Å². The van der Waals surface area contributed by atoms with Gasteiger partial charge in [-0.05, 0) is 25.5 Å². The van der Waals surface area contributed by atoms with E-state index in [0.717, 1.165) is 12.4 Å². The van der Waals surface area contributed by atoms with E-state index in [9.17, 15) is 21.6 Å². The molecular formula is C16H15F3N4O3S. The third-order valence-electron chi connectivity index (χ3n) is 4.05. The number of aromatic nitrogens is 4. The lowest BCUT2D eigenvalue weighted by Crippen LogP contribution is -2.16. The molecule has 0 bridgehead atoms. The molecule has 0 N–H and O–H groups in total. The number of halogens is 3. The number of rotatable bonds is 6. The fourth-order valence-electron chi connectivity index (χ4n) is 2.34. The van der Waals surface area contributed by atoms with Crippen LogP contribution in [0.25, 0.3) is 11.4 Å². The van der Waals surface area contributed by atoms with E-state index >= 15 is 0 Å². The minimum atomic E-state index is -3.96. The normalized spacial score (nSPS) is 13.3. The van der Waals surface area contributed by atoms with Crippen LogP contribution in [0.3, 0.4) is 0 Å². The third-order valence-corrected chi connectivity index (χ3v) is 5.99. The molecule has 0 aliphatic carbocycles. The van der Waals surface area contributed by atoms with E-state index in [-0.39, 0.29) is 17.5 Å². The smallest absolute Gasteiger partial charge is 0.319 e. The van der Waals surface area contributed by atoms with E-state index in [2.05, 4.69) is 15.1 Å². The number of imidazole rings is 1. The zero-order chi connectivity index (χ0) is 19.8. The van der Waals surface area contributed by atoms with Crippen LogP contribution in [0, 0.1) is 12.7 Å². The summed E-state index contributed by atoms with van der Waals surface area (Å²) in [5, 5.41) is 2.42. The highest BCUT2D eigenvalue weighted by atomic mass is 32.2. The summed E-state index contributed by atoms with van der Waals surface area (Å²) in [6.45, 7) is -0.00378. The fourth-order valence-corrected chi connectivity index (χ4v) is 3.58. The Bertz CT molecular complexity index is 1060. The van der Waals surface area contributed by atoms with Crippen molar-refractivity contribution in [2.24, 2.45) is 0 Å². The lowest BCUT2D eigenvalue weighted by molar-refractivity contribution is 0.0677. The van der Waals surface area contributed by atoms with Gasteiger partial charge in [0.05, 0.1) is 0 Å². The Morgan fingerprint density at radius 3 is 2.70 bits per heavy atom. The first kappa shape index (κ1) is 19.1. The summed E-state index contributed by atoms with van der Waals surface area (Å²) in [4.78, 5) is 7.67. The molecule has 11 heteroatoms. The Balaban J connectivity index is 1.85. The molecule has 0 aliphatic rings. The lowest BCUT2D eigenvalue weighted by Gasteiger charge is -2.10. The second kappa shape index (κ2) is 7.14. The highest BCUT2D eigenvalue weighted by Crippen LogP contribution is 2.27. The molecule has 3 rings (SSSR count).